The lowest BCUT2D eigenvalue weighted by atomic mass is 9.76. The molecule has 1 unspecified atom stereocenters. The molecule has 0 radical (unpaired) electrons. The summed E-state index contributed by atoms with van der Waals surface area (Å²) in [5.74, 6) is -1.41. The van der Waals surface area contributed by atoms with Gasteiger partial charge >= 0.3 is 5.97 Å². The lowest BCUT2D eigenvalue weighted by Crippen LogP contribution is -2.46. The van der Waals surface area contributed by atoms with Crippen molar-refractivity contribution in [2.75, 3.05) is 6.54 Å². The van der Waals surface area contributed by atoms with E-state index in [1.54, 1.807) is 0 Å². The molecule has 0 spiro atoms. The Morgan fingerprint density at radius 3 is 2.47 bits per heavy atom. The molecule has 5 nitrogen and oxygen atoms in total. The van der Waals surface area contributed by atoms with Crippen LogP contribution in [0.1, 0.15) is 45.4 Å². The van der Waals surface area contributed by atoms with Crippen LogP contribution in [0.15, 0.2) is 0 Å². The first-order chi connectivity index (χ1) is 7.93. The first kappa shape index (κ1) is 14.0. The molecule has 1 rings (SSSR count). The quantitative estimate of drug-likeness (QED) is 0.667. The SMILES string of the molecule is CC1(CNC(=O)C(N)CC(=O)O)CCCCC1. The normalized spacial score (nSPS) is 20.6. The maximum atomic E-state index is 11.6. The third kappa shape index (κ3) is 4.73. The molecule has 5 heteroatoms. The highest BCUT2D eigenvalue weighted by Gasteiger charge is 2.28. The molecule has 1 amide bonds. The van der Waals surface area contributed by atoms with Crippen molar-refractivity contribution < 1.29 is 14.7 Å². The number of aliphatic carboxylic acids is 1. The number of carbonyl (C=O) groups is 2. The molecule has 1 saturated carbocycles. The highest BCUT2D eigenvalue weighted by molar-refractivity contribution is 5.85. The molecule has 0 aromatic heterocycles. The second kappa shape index (κ2) is 6.00. The number of amides is 1. The van der Waals surface area contributed by atoms with Gasteiger partial charge in [-0.25, -0.2) is 0 Å². The molecule has 0 aromatic rings. The highest BCUT2D eigenvalue weighted by atomic mass is 16.4. The fourth-order valence-electron chi connectivity index (χ4n) is 2.29. The number of carboxylic acids is 1. The zero-order chi connectivity index (χ0) is 12.9. The number of hydrogen-bond donors (Lipinski definition) is 3. The Bertz CT molecular complexity index is 285. The average molecular weight is 242 g/mol. The van der Waals surface area contributed by atoms with E-state index in [-0.39, 0.29) is 17.7 Å². The largest absolute Gasteiger partial charge is 0.481 e. The molecule has 1 aliphatic carbocycles. The first-order valence-electron chi connectivity index (χ1n) is 6.18. The van der Waals surface area contributed by atoms with Crippen molar-refractivity contribution in [3.05, 3.63) is 0 Å². The van der Waals surface area contributed by atoms with E-state index in [4.69, 9.17) is 10.8 Å². The molecule has 17 heavy (non-hydrogen) atoms. The number of nitrogens with one attached hydrogen (secondary N) is 1. The molecule has 1 aliphatic rings. The predicted octanol–water partition coefficient (Wildman–Crippen LogP) is 0.875. The molecular formula is C12H22N2O3. The Kier molecular flexibility index (Phi) is 4.93. The Morgan fingerprint density at radius 1 is 1.35 bits per heavy atom. The van der Waals surface area contributed by atoms with Gasteiger partial charge < -0.3 is 16.2 Å². The van der Waals surface area contributed by atoms with Crippen LogP contribution in [-0.2, 0) is 9.59 Å². The van der Waals surface area contributed by atoms with Crippen LogP contribution in [0.2, 0.25) is 0 Å². The summed E-state index contributed by atoms with van der Waals surface area (Å²) in [4.78, 5) is 22.0. The number of carboxylic acid groups (broad SMARTS) is 1. The van der Waals surface area contributed by atoms with Gasteiger partial charge in [0.1, 0.15) is 0 Å². The van der Waals surface area contributed by atoms with E-state index in [0.29, 0.717) is 6.54 Å². The van der Waals surface area contributed by atoms with Crippen LogP contribution in [0.5, 0.6) is 0 Å². The second-order valence-electron chi connectivity index (χ2n) is 5.29. The van der Waals surface area contributed by atoms with E-state index in [1.165, 1.54) is 19.3 Å². The number of hydrogen-bond acceptors (Lipinski definition) is 3. The summed E-state index contributed by atoms with van der Waals surface area (Å²) in [5, 5.41) is 11.3. The number of carbonyl (C=O) groups excluding carboxylic acids is 1. The molecule has 1 atom stereocenters. The molecule has 1 fully saturated rings. The maximum Gasteiger partial charge on any atom is 0.305 e. The van der Waals surface area contributed by atoms with E-state index in [2.05, 4.69) is 12.2 Å². The van der Waals surface area contributed by atoms with Crippen LogP contribution in [0, 0.1) is 5.41 Å². The average Bonchev–Trinajstić information content (AvgIpc) is 2.26. The highest BCUT2D eigenvalue weighted by Crippen LogP contribution is 2.34. The minimum atomic E-state index is -1.04. The Hall–Kier alpha value is -1.10. The van der Waals surface area contributed by atoms with Crippen molar-refractivity contribution in [3.8, 4) is 0 Å². The van der Waals surface area contributed by atoms with Crippen molar-refractivity contribution in [2.45, 2.75) is 51.5 Å². The lowest BCUT2D eigenvalue weighted by Gasteiger charge is -2.33. The third-order valence-electron chi connectivity index (χ3n) is 3.48. The standard InChI is InChI=1S/C12H22N2O3/c1-12(5-3-2-4-6-12)8-14-11(17)9(13)7-10(15)16/h9H,2-8,13H2,1H3,(H,14,17)(H,15,16). The lowest BCUT2D eigenvalue weighted by molar-refractivity contribution is -0.139. The molecular weight excluding hydrogens is 220 g/mol. The van der Waals surface area contributed by atoms with E-state index in [1.807, 2.05) is 0 Å². The molecule has 0 saturated heterocycles. The van der Waals surface area contributed by atoms with Crippen LogP contribution in [0.25, 0.3) is 0 Å². The Labute approximate surface area is 102 Å². The van der Waals surface area contributed by atoms with Gasteiger partial charge in [0, 0.05) is 6.54 Å². The minimum Gasteiger partial charge on any atom is -0.481 e. The smallest absolute Gasteiger partial charge is 0.305 e. The van der Waals surface area contributed by atoms with Crippen LogP contribution in [-0.4, -0.2) is 29.6 Å². The van der Waals surface area contributed by atoms with E-state index in [9.17, 15) is 9.59 Å². The van der Waals surface area contributed by atoms with Crippen molar-refractivity contribution in [2.24, 2.45) is 11.1 Å². The monoisotopic (exact) mass is 242 g/mol. The number of rotatable bonds is 5. The fraction of sp³-hybridized carbons (Fsp3) is 0.833. The van der Waals surface area contributed by atoms with Crippen LogP contribution >= 0.6 is 0 Å². The fourth-order valence-corrected chi connectivity index (χ4v) is 2.29. The summed E-state index contributed by atoms with van der Waals surface area (Å²) in [5.41, 5.74) is 5.63. The van der Waals surface area contributed by atoms with Crippen LogP contribution in [0.4, 0.5) is 0 Å². The summed E-state index contributed by atoms with van der Waals surface area (Å²) in [6, 6.07) is -0.945. The van der Waals surface area contributed by atoms with Gasteiger partial charge in [-0.15, -0.1) is 0 Å². The molecule has 0 bridgehead atoms. The summed E-state index contributed by atoms with van der Waals surface area (Å²) in [6.45, 7) is 2.76. The van der Waals surface area contributed by atoms with Gasteiger partial charge in [-0.05, 0) is 18.3 Å². The Morgan fingerprint density at radius 2 is 1.94 bits per heavy atom. The van der Waals surface area contributed by atoms with E-state index >= 15 is 0 Å². The third-order valence-corrected chi connectivity index (χ3v) is 3.48. The van der Waals surface area contributed by atoms with E-state index in [0.717, 1.165) is 12.8 Å². The van der Waals surface area contributed by atoms with Crippen molar-refractivity contribution in [3.63, 3.8) is 0 Å². The zero-order valence-electron chi connectivity index (χ0n) is 10.4. The number of nitrogens with two attached hydrogens (primary N) is 1. The molecule has 0 heterocycles. The van der Waals surface area contributed by atoms with Gasteiger partial charge in [-0.1, -0.05) is 26.2 Å². The van der Waals surface area contributed by atoms with Crippen LogP contribution in [0.3, 0.4) is 0 Å². The van der Waals surface area contributed by atoms with Crippen molar-refractivity contribution in [1.29, 1.82) is 0 Å². The summed E-state index contributed by atoms with van der Waals surface area (Å²) >= 11 is 0. The van der Waals surface area contributed by atoms with Gasteiger partial charge in [-0.3, -0.25) is 9.59 Å². The van der Waals surface area contributed by atoms with Gasteiger partial charge in [-0.2, -0.15) is 0 Å². The van der Waals surface area contributed by atoms with Gasteiger partial charge in [0.05, 0.1) is 12.5 Å². The minimum absolute atomic E-state index is 0.150. The summed E-state index contributed by atoms with van der Waals surface area (Å²) < 4.78 is 0. The Balaban J connectivity index is 2.33. The molecule has 0 aliphatic heterocycles. The summed E-state index contributed by atoms with van der Waals surface area (Å²) in [6.07, 6.45) is 5.58. The van der Waals surface area contributed by atoms with E-state index < -0.39 is 12.0 Å². The first-order valence-corrected chi connectivity index (χ1v) is 6.18. The molecule has 4 N–H and O–H groups in total. The molecule has 0 aromatic carbocycles. The van der Waals surface area contributed by atoms with Crippen molar-refractivity contribution in [1.82, 2.24) is 5.32 Å². The zero-order valence-corrected chi connectivity index (χ0v) is 10.4. The second-order valence-corrected chi connectivity index (χ2v) is 5.29. The van der Waals surface area contributed by atoms with Crippen LogP contribution < -0.4 is 11.1 Å². The topological polar surface area (TPSA) is 92.4 Å². The molecule has 98 valence electrons. The van der Waals surface area contributed by atoms with Crippen molar-refractivity contribution >= 4 is 11.9 Å². The predicted molar refractivity (Wildman–Crippen MR) is 64.4 cm³/mol. The summed E-state index contributed by atoms with van der Waals surface area (Å²) in [7, 11) is 0. The maximum absolute atomic E-state index is 11.6. The van der Waals surface area contributed by atoms with Gasteiger partial charge in [0.15, 0.2) is 0 Å². The van der Waals surface area contributed by atoms with Gasteiger partial charge in [0.25, 0.3) is 0 Å². The van der Waals surface area contributed by atoms with Gasteiger partial charge in [0.2, 0.25) is 5.91 Å².